The minimum atomic E-state index is -0.000461. The molecule has 20 heavy (non-hydrogen) atoms. The predicted molar refractivity (Wildman–Crippen MR) is 86.0 cm³/mol. The fourth-order valence-electron chi connectivity index (χ4n) is 3.80. The zero-order valence-electron chi connectivity index (χ0n) is 12.2. The maximum atomic E-state index is 6.72. The van der Waals surface area contributed by atoms with Crippen molar-refractivity contribution in [2.45, 2.75) is 50.5 Å². The Balaban J connectivity index is 1.70. The number of rotatable bonds is 4. The van der Waals surface area contributed by atoms with E-state index in [2.05, 4.69) is 28.1 Å². The number of halogens is 1. The van der Waals surface area contributed by atoms with Crippen LogP contribution in [0.15, 0.2) is 22.7 Å². The molecule has 2 saturated carbocycles. The Morgan fingerprint density at radius 3 is 2.75 bits per heavy atom. The van der Waals surface area contributed by atoms with Crippen LogP contribution in [0.25, 0.3) is 0 Å². The molecule has 1 aromatic carbocycles. The molecule has 0 heterocycles. The molecule has 0 saturated heterocycles. The van der Waals surface area contributed by atoms with Crippen LogP contribution in [-0.2, 0) is 6.42 Å². The molecule has 3 heteroatoms. The Kier molecular flexibility index (Phi) is 4.09. The van der Waals surface area contributed by atoms with Gasteiger partial charge in [-0.3, -0.25) is 0 Å². The van der Waals surface area contributed by atoms with Crippen LogP contribution in [-0.4, -0.2) is 12.6 Å². The van der Waals surface area contributed by atoms with Crippen LogP contribution < -0.4 is 10.5 Å². The van der Waals surface area contributed by atoms with Crippen LogP contribution in [0.4, 0.5) is 0 Å². The van der Waals surface area contributed by atoms with Gasteiger partial charge in [-0.15, -0.1) is 0 Å². The van der Waals surface area contributed by atoms with E-state index in [-0.39, 0.29) is 5.54 Å². The van der Waals surface area contributed by atoms with E-state index in [1.807, 2.05) is 6.07 Å². The van der Waals surface area contributed by atoms with Crippen LogP contribution in [0.1, 0.15) is 44.1 Å². The summed E-state index contributed by atoms with van der Waals surface area (Å²) in [5, 5.41) is 0. The molecule has 0 amide bonds. The van der Waals surface area contributed by atoms with E-state index in [0.29, 0.717) is 0 Å². The molecule has 2 aliphatic rings. The molecule has 0 aromatic heterocycles. The first-order chi connectivity index (χ1) is 9.59. The first-order valence-electron chi connectivity index (χ1n) is 7.71. The highest BCUT2D eigenvalue weighted by Crippen LogP contribution is 2.46. The molecule has 2 unspecified atom stereocenters. The van der Waals surface area contributed by atoms with E-state index in [9.17, 15) is 0 Å². The number of ether oxygens (including phenoxy) is 1. The molecule has 2 atom stereocenters. The van der Waals surface area contributed by atoms with Crippen LogP contribution in [0.5, 0.6) is 5.75 Å². The van der Waals surface area contributed by atoms with Gasteiger partial charge in [0.2, 0.25) is 0 Å². The van der Waals surface area contributed by atoms with E-state index >= 15 is 0 Å². The summed E-state index contributed by atoms with van der Waals surface area (Å²) in [5.74, 6) is 2.76. The van der Waals surface area contributed by atoms with Gasteiger partial charge in [0.25, 0.3) is 0 Å². The lowest BCUT2D eigenvalue weighted by molar-refractivity contribution is 0.204. The third-order valence-electron chi connectivity index (χ3n) is 4.98. The van der Waals surface area contributed by atoms with Gasteiger partial charge in [-0.2, -0.15) is 0 Å². The van der Waals surface area contributed by atoms with E-state index in [1.54, 1.807) is 7.11 Å². The van der Waals surface area contributed by atoms with Crippen molar-refractivity contribution < 1.29 is 4.74 Å². The van der Waals surface area contributed by atoms with Gasteiger partial charge in [0.15, 0.2) is 0 Å². The summed E-state index contributed by atoms with van der Waals surface area (Å²) in [7, 11) is 1.70. The normalized spacial score (nSPS) is 30.2. The Bertz CT molecular complexity index is 486. The molecule has 2 aliphatic carbocycles. The fourth-order valence-corrected chi connectivity index (χ4v) is 4.39. The van der Waals surface area contributed by atoms with E-state index < -0.39 is 0 Å². The largest absolute Gasteiger partial charge is 0.496 e. The molecule has 3 rings (SSSR count). The van der Waals surface area contributed by atoms with E-state index in [0.717, 1.165) is 28.5 Å². The number of hydrogen-bond donors (Lipinski definition) is 1. The average Bonchev–Trinajstić information content (AvgIpc) is 3.23. The summed E-state index contributed by atoms with van der Waals surface area (Å²) < 4.78 is 6.32. The second kappa shape index (κ2) is 5.69. The van der Waals surface area contributed by atoms with Crippen molar-refractivity contribution in [3.63, 3.8) is 0 Å². The molecule has 0 spiro atoms. The lowest BCUT2D eigenvalue weighted by Crippen LogP contribution is -2.46. The van der Waals surface area contributed by atoms with Crippen LogP contribution in [0, 0.1) is 11.8 Å². The third-order valence-corrected chi connectivity index (χ3v) is 5.60. The highest BCUT2D eigenvalue weighted by atomic mass is 79.9. The molecule has 0 aliphatic heterocycles. The van der Waals surface area contributed by atoms with Gasteiger partial charge in [-0.1, -0.05) is 18.9 Å². The molecule has 2 nitrogen and oxygen atoms in total. The minimum Gasteiger partial charge on any atom is -0.496 e. The molecule has 2 fully saturated rings. The van der Waals surface area contributed by atoms with Crippen LogP contribution in [0.2, 0.25) is 0 Å². The SMILES string of the molecule is COc1ccc(CC2(N)CCCC(C3CC3)C2)cc1Br. The number of benzene rings is 1. The standard InChI is InChI=1S/C17H24BrNO/c1-20-16-7-4-12(9-15(16)18)10-17(19)8-2-3-14(11-17)13-5-6-13/h4,7,9,13-14H,2-3,5-6,8,10-11,19H2,1H3. The smallest absolute Gasteiger partial charge is 0.133 e. The van der Waals surface area contributed by atoms with E-state index in [4.69, 9.17) is 10.5 Å². The van der Waals surface area contributed by atoms with Gasteiger partial charge in [0.1, 0.15) is 5.75 Å². The molecule has 2 N–H and O–H groups in total. The molecular weight excluding hydrogens is 314 g/mol. The highest BCUT2D eigenvalue weighted by Gasteiger charge is 2.39. The summed E-state index contributed by atoms with van der Waals surface area (Å²) in [6.45, 7) is 0. The van der Waals surface area contributed by atoms with Crippen molar-refractivity contribution in [3.8, 4) is 5.75 Å². The summed E-state index contributed by atoms with van der Waals surface area (Å²) in [5.41, 5.74) is 8.04. The lowest BCUT2D eigenvalue weighted by atomic mass is 9.72. The van der Waals surface area contributed by atoms with Gasteiger partial charge in [-0.05, 0) is 77.6 Å². The van der Waals surface area contributed by atoms with Gasteiger partial charge in [0.05, 0.1) is 11.6 Å². The molecular formula is C17H24BrNO. The summed E-state index contributed by atoms with van der Waals surface area (Å²) >= 11 is 3.57. The van der Waals surface area contributed by atoms with Gasteiger partial charge in [-0.25, -0.2) is 0 Å². The Morgan fingerprint density at radius 1 is 1.30 bits per heavy atom. The average molecular weight is 338 g/mol. The minimum absolute atomic E-state index is 0.000461. The summed E-state index contributed by atoms with van der Waals surface area (Å²) in [6.07, 6.45) is 8.94. The van der Waals surface area contributed by atoms with Crippen LogP contribution in [0.3, 0.4) is 0 Å². The third kappa shape index (κ3) is 3.20. The summed E-state index contributed by atoms with van der Waals surface area (Å²) in [6, 6.07) is 6.34. The van der Waals surface area contributed by atoms with Crippen molar-refractivity contribution in [1.29, 1.82) is 0 Å². The van der Waals surface area contributed by atoms with Crippen molar-refractivity contribution in [1.82, 2.24) is 0 Å². The quantitative estimate of drug-likeness (QED) is 0.888. The van der Waals surface area contributed by atoms with Crippen molar-refractivity contribution in [2.24, 2.45) is 17.6 Å². The maximum absolute atomic E-state index is 6.72. The maximum Gasteiger partial charge on any atom is 0.133 e. The second-order valence-electron chi connectivity index (χ2n) is 6.70. The second-order valence-corrected chi connectivity index (χ2v) is 7.56. The predicted octanol–water partition coefficient (Wildman–Crippen LogP) is 4.30. The zero-order chi connectivity index (χ0) is 14.2. The van der Waals surface area contributed by atoms with Crippen molar-refractivity contribution in [2.75, 3.05) is 7.11 Å². The topological polar surface area (TPSA) is 35.2 Å². The van der Waals surface area contributed by atoms with Crippen LogP contribution >= 0.6 is 15.9 Å². The number of methoxy groups -OCH3 is 1. The summed E-state index contributed by atoms with van der Waals surface area (Å²) in [4.78, 5) is 0. The molecule has 110 valence electrons. The lowest BCUT2D eigenvalue weighted by Gasteiger charge is -2.38. The number of hydrogen-bond acceptors (Lipinski definition) is 2. The molecule has 1 aromatic rings. The first kappa shape index (κ1) is 14.4. The van der Waals surface area contributed by atoms with Crippen molar-refractivity contribution in [3.05, 3.63) is 28.2 Å². The van der Waals surface area contributed by atoms with Crippen molar-refractivity contribution >= 4 is 15.9 Å². The van der Waals surface area contributed by atoms with Gasteiger partial charge in [0, 0.05) is 5.54 Å². The number of nitrogens with two attached hydrogens (primary N) is 1. The Labute approximate surface area is 130 Å². The fraction of sp³-hybridized carbons (Fsp3) is 0.647. The van der Waals surface area contributed by atoms with Gasteiger partial charge >= 0.3 is 0 Å². The zero-order valence-corrected chi connectivity index (χ0v) is 13.8. The first-order valence-corrected chi connectivity index (χ1v) is 8.50. The van der Waals surface area contributed by atoms with Gasteiger partial charge < -0.3 is 10.5 Å². The highest BCUT2D eigenvalue weighted by molar-refractivity contribution is 9.10. The monoisotopic (exact) mass is 337 g/mol. The molecule has 0 radical (unpaired) electrons. The Hall–Kier alpha value is -0.540. The van der Waals surface area contributed by atoms with E-state index in [1.165, 1.54) is 44.1 Å². The Morgan fingerprint density at radius 2 is 2.10 bits per heavy atom. The molecule has 0 bridgehead atoms.